The fourth-order valence-electron chi connectivity index (χ4n) is 1.81. The summed E-state index contributed by atoms with van der Waals surface area (Å²) in [6, 6.07) is 6.79. The van der Waals surface area contributed by atoms with Gasteiger partial charge in [0.2, 0.25) is 0 Å². The molecular weight excluding hydrogens is 248 g/mol. The topological polar surface area (TPSA) is 0 Å². The van der Waals surface area contributed by atoms with Gasteiger partial charge in [-0.15, -0.1) is 0 Å². The maximum atomic E-state index is 3.79. The van der Waals surface area contributed by atoms with Gasteiger partial charge in [-0.05, 0) is 42.4 Å². The van der Waals surface area contributed by atoms with E-state index in [1.807, 2.05) is 0 Å². The number of aryl methyl sites for hydroxylation is 2. The first-order valence-electron chi connectivity index (χ1n) is 5.64. The molecule has 1 aromatic carbocycles. The van der Waals surface area contributed by atoms with Crippen molar-refractivity contribution in [2.24, 2.45) is 5.92 Å². The first-order valence-corrected chi connectivity index (χ1v) is 6.56. The molecule has 2 atom stereocenters. The summed E-state index contributed by atoms with van der Waals surface area (Å²) in [7, 11) is 0. The van der Waals surface area contributed by atoms with Gasteiger partial charge >= 0.3 is 0 Å². The standard InChI is InChI=1S/C14H21Br/c1-9(2)14(15)12(5)13-7-6-10(3)11(4)8-13/h6-9,12,14H,1-5H3. The first-order chi connectivity index (χ1) is 6.93. The van der Waals surface area contributed by atoms with Crippen molar-refractivity contribution in [1.82, 2.24) is 0 Å². The molecule has 0 aliphatic carbocycles. The van der Waals surface area contributed by atoms with Crippen LogP contribution in [0.3, 0.4) is 0 Å². The molecule has 0 heterocycles. The van der Waals surface area contributed by atoms with Crippen molar-refractivity contribution in [3.8, 4) is 0 Å². The van der Waals surface area contributed by atoms with Crippen LogP contribution in [0.25, 0.3) is 0 Å². The monoisotopic (exact) mass is 268 g/mol. The summed E-state index contributed by atoms with van der Waals surface area (Å²) in [6.07, 6.45) is 0. The van der Waals surface area contributed by atoms with Gasteiger partial charge in [-0.3, -0.25) is 0 Å². The third-order valence-corrected chi connectivity index (χ3v) is 5.02. The second-order valence-electron chi connectivity index (χ2n) is 4.82. The molecule has 0 fully saturated rings. The minimum Gasteiger partial charge on any atom is -0.0881 e. The van der Waals surface area contributed by atoms with E-state index in [9.17, 15) is 0 Å². The van der Waals surface area contributed by atoms with Crippen molar-refractivity contribution in [1.29, 1.82) is 0 Å². The predicted octanol–water partition coefficient (Wildman–Crippen LogP) is 4.83. The SMILES string of the molecule is Cc1ccc(C(C)C(Br)C(C)C)cc1C. The van der Waals surface area contributed by atoms with Crippen molar-refractivity contribution in [2.75, 3.05) is 0 Å². The smallest absolute Gasteiger partial charge is 0.0234 e. The fraction of sp³-hybridized carbons (Fsp3) is 0.571. The Morgan fingerprint density at radius 2 is 1.60 bits per heavy atom. The Labute approximate surface area is 102 Å². The van der Waals surface area contributed by atoms with Crippen LogP contribution in [0.2, 0.25) is 0 Å². The quantitative estimate of drug-likeness (QED) is 0.690. The van der Waals surface area contributed by atoms with Crippen molar-refractivity contribution >= 4 is 15.9 Å². The highest BCUT2D eigenvalue weighted by Gasteiger charge is 2.19. The summed E-state index contributed by atoms with van der Waals surface area (Å²) >= 11 is 3.79. The van der Waals surface area contributed by atoms with Crippen molar-refractivity contribution in [3.05, 3.63) is 34.9 Å². The number of rotatable bonds is 3. The highest BCUT2D eigenvalue weighted by atomic mass is 79.9. The lowest BCUT2D eigenvalue weighted by Crippen LogP contribution is -2.15. The van der Waals surface area contributed by atoms with Crippen LogP contribution in [0, 0.1) is 19.8 Å². The Bertz CT molecular complexity index is 328. The van der Waals surface area contributed by atoms with E-state index in [1.54, 1.807) is 0 Å². The average molecular weight is 269 g/mol. The lowest BCUT2D eigenvalue weighted by Gasteiger charge is -2.22. The third kappa shape index (κ3) is 3.07. The minimum absolute atomic E-state index is 0.555. The van der Waals surface area contributed by atoms with Gasteiger partial charge in [0, 0.05) is 4.83 Å². The molecule has 1 aromatic rings. The van der Waals surface area contributed by atoms with E-state index >= 15 is 0 Å². The molecule has 0 nitrogen and oxygen atoms in total. The predicted molar refractivity (Wildman–Crippen MR) is 71.9 cm³/mol. The van der Waals surface area contributed by atoms with Gasteiger partial charge in [-0.2, -0.15) is 0 Å². The second-order valence-corrected chi connectivity index (χ2v) is 5.88. The molecular formula is C14H21Br. The maximum Gasteiger partial charge on any atom is 0.0234 e. The summed E-state index contributed by atoms with van der Waals surface area (Å²) in [5.41, 5.74) is 4.21. The van der Waals surface area contributed by atoms with Crippen LogP contribution in [-0.4, -0.2) is 4.83 Å². The lowest BCUT2D eigenvalue weighted by molar-refractivity contribution is 0.550. The Balaban J connectivity index is 2.91. The molecule has 0 amide bonds. The van der Waals surface area contributed by atoms with E-state index in [1.165, 1.54) is 16.7 Å². The molecule has 0 radical (unpaired) electrons. The molecule has 0 aliphatic rings. The van der Waals surface area contributed by atoms with Crippen LogP contribution in [0.4, 0.5) is 0 Å². The molecule has 1 rings (SSSR count). The molecule has 0 spiro atoms. The Hall–Kier alpha value is -0.300. The average Bonchev–Trinajstić information content (AvgIpc) is 2.19. The van der Waals surface area contributed by atoms with Gasteiger partial charge in [0.15, 0.2) is 0 Å². The number of benzene rings is 1. The van der Waals surface area contributed by atoms with Crippen LogP contribution in [0.1, 0.15) is 43.4 Å². The lowest BCUT2D eigenvalue weighted by atomic mass is 9.90. The van der Waals surface area contributed by atoms with Gasteiger partial charge in [0.05, 0.1) is 0 Å². The molecule has 0 saturated heterocycles. The van der Waals surface area contributed by atoms with Crippen LogP contribution < -0.4 is 0 Å². The van der Waals surface area contributed by atoms with E-state index in [-0.39, 0.29) is 0 Å². The number of alkyl halides is 1. The number of hydrogen-bond donors (Lipinski definition) is 0. The minimum atomic E-state index is 0.555. The Morgan fingerprint density at radius 1 is 1.00 bits per heavy atom. The van der Waals surface area contributed by atoms with E-state index in [4.69, 9.17) is 0 Å². The van der Waals surface area contributed by atoms with E-state index < -0.39 is 0 Å². The third-order valence-electron chi connectivity index (χ3n) is 3.17. The van der Waals surface area contributed by atoms with Crippen LogP contribution in [0.15, 0.2) is 18.2 Å². The van der Waals surface area contributed by atoms with E-state index in [0.717, 1.165) is 0 Å². The molecule has 84 valence electrons. The molecule has 2 unspecified atom stereocenters. The zero-order valence-electron chi connectivity index (χ0n) is 10.3. The molecule has 0 saturated carbocycles. The van der Waals surface area contributed by atoms with Crippen molar-refractivity contribution < 1.29 is 0 Å². The number of halogens is 1. The summed E-state index contributed by atoms with van der Waals surface area (Å²) < 4.78 is 0. The largest absolute Gasteiger partial charge is 0.0881 e. The van der Waals surface area contributed by atoms with Gasteiger partial charge in [0.1, 0.15) is 0 Å². The number of hydrogen-bond acceptors (Lipinski definition) is 0. The molecule has 1 heteroatoms. The summed E-state index contributed by atoms with van der Waals surface area (Å²) in [5.74, 6) is 1.24. The highest BCUT2D eigenvalue weighted by molar-refractivity contribution is 9.09. The zero-order valence-corrected chi connectivity index (χ0v) is 11.9. The molecule has 0 N–H and O–H groups in total. The van der Waals surface area contributed by atoms with Crippen molar-refractivity contribution in [3.63, 3.8) is 0 Å². The zero-order chi connectivity index (χ0) is 11.6. The second kappa shape index (κ2) is 5.16. The first kappa shape index (κ1) is 12.8. The van der Waals surface area contributed by atoms with Gasteiger partial charge in [0.25, 0.3) is 0 Å². The van der Waals surface area contributed by atoms with Gasteiger partial charge in [-0.1, -0.05) is 54.9 Å². The van der Waals surface area contributed by atoms with Crippen LogP contribution >= 0.6 is 15.9 Å². The molecule has 0 aromatic heterocycles. The van der Waals surface area contributed by atoms with Gasteiger partial charge in [-0.25, -0.2) is 0 Å². The maximum absolute atomic E-state index is 3.79. The normalized spacial score (nSPS) is 15.4. The fourth-order valence-corrected chi connectivity index (χ4v) is 2.11. The Kier molecular flexibility index (Phi) is 4.39. The molecule has 0 bridgehead atoms. The summed E-state index contributed by atoms with van der Waals surface area (Å²) in [4.78, 5) is 0.555. The van der Waals surface area contributed by atoms with Crippen molar-refractivity contribution in [2.45, 2.75) is 45.4 Å². The van der Waals surface area contributed by atoms with E-state index in [2.05, 4.69) is 68.7 Å². The summed E-state index contributed by atoms with van der Waals surface area (Å²) in [6.45, 7) is 11.2. The molecule has 0 aliphatic heterocycles. The van der Waals surface area contributed by atoms with Crippen LogP contribution in [0.5, 0.6) is 0 Å². The Morgan fingerprint density at radius 3 is 2.07 bits per heavy atom. The van der Waals surface area contributed by atoms with Gasteiger partial charge < -0.3 is 0 Å². The summed E-state index contributed by atoms with van der Waals surface area (Å²) in [5, 5.41) is 0. The van der Waals surface area contributed by atoms with E-state index in [0.29, 0.717) is 16.7 Å². The highest BCUT2D eigenvalue weighted by Crippen LogP contribution is 2.30. The molecule has 15 heavy (non-hydrogen) atoms. The van der Waals surface area contributed by atoms with Crippen LogP contribution in [-0.2, 0) is 0 Å².